The second kappa shape index (κ2) is 8.95. The van der Waals surface area contributed by atoms with Crippen molar-refractivity contribution < 1.29 is 14.1 Å². The van der Waals surface area contributed by atoms with E-state index >= 15 is 0 Å². The van der Waals surface area contributed by atoms with Crippen molar-refractivity contribution in [2.24, 2.45) is 0 Å². The van der Waals surface area contributed by atoms with Gasteiger partial charge in [0.2, 0.25) is 0 Å². The fraction of sp³-hybridized carbons (Fsp3) is 0.120. The summed E-state index contributed by atoms with van der Waals surface area (Å²) in [5.74, 6) is 1.64. The van der Waals surface area contributed by atoms with Crippen molar-refractivity contribution in [1.29, 1.82) is 0 Å². The van der Waals surface area contributed by atoms with Crippen molar-refractivity contribution in [3.8, 4) is 17.1 Å². The number of nitro groups is 1. The number of methoxy groups -OCH3 is 1. The summed E-state index contributed by atoms with van der Waals surface area (Å²) in [7, 11) is 1.61. The summed E-state index contributed by atoms with van der Waals surface area (Å²) in [6.45, 7) is 0. The topological polar surface area (TPSA) is 93.7 Å². The summed E-state index contributed by atoms with van der Waals surface area (Å²) in [4.78, 5) is 17.6. The van der Waals surface area contributed by atoms with Gasteiger partial charge in [-0.2, -0.15) is 0 Å². The molecular weight excluding hydrogens is 452 g/mol. The van der Waals surface area contributed by atoms with E-state index in [1.165, 1.54) is 6.07 Å². The van der Waals surface area contributed by atoms with Crippen LogP contribution in [-0.2, 0) is 0 Å². The number of pyridine rings is 1. The molecule has 3 heterocycles. The van der Waals surface area contributed by atoms with Crippen molar-refractivity contribution in [3.05, 3.63) is 107 Å². The Balaban J connectivity index is 1.64. The number of anilines is 1. The maximum atomic E-state index is 11.6. The second-order valence-corrected chi connectivity index (χ2v) is 8.03. The van der Waals surface area contributed by atoms with Crippen LogP contribution in [0.1, 0.15) is 23.5 Å². The van der Waals surface area contributed by atoms with Gasteiger partial charge in [-0.3, -0.25) is 15.1 Å². The van der Waals surface area contributed by atoms with Crippen LogP contribution in [-0.4, -0.2) is 22.1 Å². The molecule has 0 amide bonds. The van der Waals surface area contributed by atoms with Crippen molar-refractivity contribution in [1.82, 2.24) is 10.3 Å². The molecule has 1 N–H and O–H groups in total. The molecule has 1 saturated heterocycles. The second-order valence-electron chi connectivity index (χ2n) is 7.64. The summed E-state index contributed by atoms with van der Waals surface area (Å²) in [6.07, 6.45) is 1.73. The Kier molecular flexibility index (Phi) is 5.69. The SMILES string of the molecule is COc1ccccc1N1C(=S)N[C@@H](c2ccccn2)[C@@H]1c1ccc(-c2ccccc2[N+](=O)[O-])o1. The van der Waals surface area contributed by atoms with E-state index < -0.39 is 11.0 Å². The fourth-order valence-electron chi connectivity index (χ4n) is 4.23. The zero-order valence-electron chi connectivity index (χ0n) is 18.1. The third-order valence-electron chi connectivity index (χ3n) is 5.73. The lowest BCUT2D eigenvalue weighted by Crippen LogP contribution is -2.29. The number of aromatic nitrogens is 1. The molecule has 2 atom stereocenters. The number of ether oxygens (including phenoxy) is 1. The number of rotatable bonds is 6. The van der Waals surface area contributed by atoms with Gasteiger partial charge in [0.1, 0.15) is 23.3 Å². The molecule has 2 aromatic heterocycles. The number of para-hydroxylation sites is 3. The van der Waals surface area contributed by atoms with Crippen LogP contribution in [0.5, 0.6) is 5.75 Å². The Morgan fingerprint density at radius 2 is 1.82 bits per heavy atom. The number of nitro benzene ring substituents is 1. The van der Waals surface area contributed by atoms with E-state index in [0.29, 0.717) is 27.9 Å². The zero-order valence-corrected chi connectivity index (χ0v) is 18.9. The van der Waals surface area contributed by atoms with Gasteiger partial charge in [-0.1, -0.05) is 30.3 Å². The van der Waals surface area contributed by atoms with E-state index in [4.69, 9.17) is 21.4 Å². The summed E-state index contributed by atoms with van der Waals surface area (Å²) < 4.78 is 11.9. The molecule has 5 rings (SSSR count). The predicted octanol–water partition coefficient (Wildman–Crippen LogP) is 5.44. The minimum Gasteiger partial charge on any atom is -0.495 e. The summed E-state index contributed by atoms with van der Waals surface area (Å²) in [6, 6.07) is 22.6. The number of benzene rings is 2. The van der Waals surface area contributed by atoms with Crippen molar-refractivity contribution in [2.45, 2.75) is 12.1 Å². The van der Waals surface area contributed by atoms with Crippen LogP contribution in [0.15, 0.2) is 89.5 Å². The van der Waals surface area contributed by atoms with Crippen molar-refractivity contribution in [2.75, 3.05) is 12.0 Å². The minimum absolute atomic E-state index is 0.0219. The number of nitrogens with one attached hydrogen (secondary N) is 1. The largest absolute Gasteiger partial charge is 0.495 e. The van der Waals surface area contributed by atoms with Gasteiger partial charge in [-0.05, 0) is 54.7 Å². The van der Waals surface area contributed by atoms with Crippen LogP contribution in [0.3, 0.4) is 0 Å². The molecule has 1 aliphatic heterocycles. The summed E-state index contributed by atoms with van der Waals surface area (Å²) in [5.41, 5.74) is 1.95. The predicted molar refractivity (Wildman–Crippen MR) is 132 cm³/mol. The Morgan fingerprint density at radius 1 is 1.06 bits per heavy atom. The Bertz CT molecular complexity index is 1360. The highest BCUT2D eigenvalue weighted by Gasteiger charge is 2.43. The van der Waals surface area contributed by atoms with Crippen LogP contribution < -0.4 is 15.0 Å². The highest BCUT2D eigenvalue weighted by molar-refractivity contribution is 7.80. The summed E-state index contributed by atoms with van der Waals surface area (Å²) >= 11 is 5.74. The first-order chi connectivity index (χ1) is 16.6. The maximum absolute atomic E-state index is 11.6. The quantitative estimate of drug-likeness (QED) is 0.225. The molecule has 8 nitrogen and oxygen atoms in total. The third kappa shape index (κ3) is 3.75. The number of hydrogen-bond acceptors (Lipinski definition) is 6. The first kappa shape index (κ1) is 21.6. The molecule has 34 heavy (non-hydrogen) atoms. The Labute approximate surface area is 201 Å². The van der Waals surface area contributed by atoms with Crippen LogP contribution >= 0.6 is 12.2 Å². The van der Waals surface area contributed by atoms with Gasteiger partial charge in [-0.25, -0.2) is 0 Å². The van der Waals surface area contributed by atoms with E-state index in [0.717, 1.165) is 11.4 Å². The highest BCUT2D eigenvalue weighted by atomic mass is 32.1. The lowest BCUT2D eigenvalue weighted by Gasteiger charge is -2.27. The molecule has 0 bridgehead atoms. The Hall–Kier alpha value is -4.24. The monoisotopic (exact) mass is 472 g/mol. The normalized spacial score (nSPS) is 17.4. The minimum atomic E-state index is -0.415. The van der Waals surface area contributed by atoms with Crippen LogP contribution in [0, 0.1) is 10.1 Å². The summed E-state index contributed by atoms with van der Waals surface area (Å²) in [5, 5.41) is 15.4. The van der Waals surface area contributed by atoms with E-state index in [-0.39, 0.29) is 11.7 Å². The lowest BCUT2D eigenvalue weighted by molar-refractivity contribution is -0.384. The molecule has 1 aliphatic rings. The van der Waals surface area contributed by atoms with E-state index in [9.17, 15) is 10.1 Å². The molecule has 0 radical (unpaired) electrons. The molecule has 0 aliphatic carbocycles. The fourth-order valence-corrected chi connectivity index (χ4v) is 4.57. The van der Waals surface area contributed by atoms with Crippen molar-refractivity contribution >= 4 is 28.7 Å². The van der Waals surface area contributed by atoms with Crippen LogP contribution in [0.2, 0.25) is 0 Å². The van der Waals surface area contributed by atoms with Gasteiger partial charge < -0.3 is 19.4 Å². The first-order valence-corrected chi connectivity index (χ1v) is 11.0. The van der Waals surface area contributed by atoms with Gasteiger partial charge in [0, 0.05) is 12.3 Å². The molecule has 9 heteroatoms. The lowest BCUT2D eigenvalue weighted by atomic mass is 10.0. The molecule has 1 fully saturated rings. The first-order valence-electron chi connectivity index (χ1n) is 10.6. The van der Waals surface area contributed by atoms with Crippen molar-refractivity contribution in [3.63, 3.8) is 0 Å². The van der Waals surface area contributed by atoms with Gasteiger partial charge in [0.25, 0.3) is 5.69 Å². The van der Waals surface area contributed by atoms with Gasteiger partial charge in [0.15, 0.2) is 5.11 Å². The standard InChI is InChI=1S/C25H20N4O4S/c1-32-21-12-5-4-11-19(21)28-24(23(27-25(28)34)17-9-6-7-15-26-17)22-14-13-20(33-22)16-8-2-3-10-18(16)29(30)31/h2-15,23-24H,1H3,(H,27,34)/t23-,24-/m0/s1. The smallest absolute Gasteiger partial charge is 0.280 e. The highest BCUT2D eigenvalue weighted by Crippen LogP contribution is 2.45. The van der Waals surface area contributed by atoms with E-state index in [1.807, 2.05) is 53.4 Å². The average molecular weight is 473 g/mol. The number of thiocarbonyl (C=S) groups is 1. The maximum Gasteiger partial charge on any atom is 0.280 e. The van der Waals surface area contributed by atoms with Gasteiger partial charge in [0.05, 0.1) is 35.0 Å². The Morgan fingerprint density at radius 3 is 2.59 bits per heavy atom. The molecule has 170 valence electrons. The molecular formula is C25H20N4O4S. The molecule has 0 saturated carbocycles. The van der Waals surface area contributed by atoms with Gasteiger partial charge in [-0.15, -0.1) is 0 Å². The molecule has 0 spiro atoms. The van der Waals surface area contributed by atoms with Crippen LogP contribution in [0.4, 0.5) is 11.4 Å². The molecule has 4 aromatic rings. The molecule has 0 unspecified atom stereocenters. The van der Waals surface area contributed by atoms with Crippen LogP contribution in [0.25, 0.3) is 11.3 Å². The number of hydrogen-bond donors (Lipinski definition) is 1. The van der Waals surface area contributed by atoms with Gasteiger partial charge >= 0.3 is 0 Å². The third-order valence-corrected chi connectivity index (χ3v) is 6.04. The number of furan rings is 1. The van der Waals surface area contributed by atoms with E-state index in [1.54, 1.807) is 37.6 Å². The molecule has 2 aromatic carbocycles. The van der Waals surface area contributed by atoms with E-state index in [2.05, 4.69) is 10.3 Å². The average Bonchev–Trinajstić information content (AvgIpc) is 3.49. The zero-order chi connectivity index (χ0) is 23.7. The number of nitrogens with zero attached hydrogens (tertiary/aromatic N) is 3.